The lowest BCUT2D eigenvalue weighted by Crippen LogP contribution is -3.08. The number of likely N-dealkylation sites (N-methyl/N-ethyl adjacent to an activating group) is 2. The average molecular weight is 423 g/mol. The van der Waals surface area contributed by atoms with Crippen LogP contribution < -0.4 is 10.2 Å². The highest BCUT2D eigenvalue weighted by Crippen LogP contribution is 2.20. The summed E-state index contributed by atoms with van der Waals surface area (Å²) >= 11 is 12.1. The largest absolute Gasteiger partial charge is 0.332 e. The Morgan fingerprint density at radius 2 is 1.75 bits per heavy atom. The molecule has 0 aliphatic carbocycles. The van der Waals surface area contributed by atoms with Gasteiger partial charge in [0.05, 0.1) is 18.6 Å². The summed E-state index contributed by atoms with van der Waals surface area (Å²) < 4.78 is 0. The standard InChI is InChI=1S/C21H25Cl2N3O2/c1-14-6-5-7-15(2)21(14)24-19(27)12-26(4)20(28)13-25(3)11-16-8-9-17(22)10-18(16)23/h5-10H,11-13H2,1-4H3,(H,24,27)/p+1. The van der Waals surface area contributed by atoms with E-state index in [0.29, 0.717) is 16.6 Å². The molecule has 0 saturated carbocycles. The van der Waals surface area contributed by atoms with Crippen LogP contribution in [-0.4, -0.2) is 43.9 Å². The lowest BCUT2D eigenvalue weighted by molar-refractivity contribution is -0.885. The summed E-state index contributed by atoms with van der Waals surface area (Å²) in [6.45, 7) is 4.73. The second-order valence-corrected chi connectivity index (χ2v) is 7.95. The molecule has 0 aliphatic rings. The van der Waals surface area contributed by atoms with E-state index in [1.807, 2.05) is 45.2 Å². The molecule has 2 amide bonds. The molecule has 2 aromatic rings. The first-order valence-corrected chi connectivity index (χ1v) is 9.78. The number of para-hydroxylation sites is 1. The predicted molar refractivity (Wildman–Crippen MR) is 114 cm³/mol. The summed E-state index contributed by atoms with van der Waals surface area (Å²) in [5, 5.41) is 4.07. The topological polar surface area (TPSA) is 53.9 Å². The van der Waals surface area contributed by atoms with E-state index < -0.39 is 0 Å². The minimum atomic E-state index is -0.216. The van der Waals surface area contributed by atoms with Gasteiger partial charge in [0.1, 0.15) is 6.54 Å². The van der Waals surface area contributed by atoms with Gasteiger partial charge in [0, 0.05) is 23.3 Å². The second kappa shape index (κ2) is 9.92. The molecule has 7 heteroatoms. The van der Waals surface area contributed by atoms with Crippen molar-refractivity contribution in [1.82, 2.24) is 4.90 Å². The summed E-state index contributed by atoms with van der Waals surface area (Å²) in [6, 6.07) is 11.2. The maximum absolute atomic E-state index is 12.5. The van der Waals surface area contributed by atoms with Crippen molar-refractivity contribution in [2.45, 2.75) is 20.4 Å². The number of nitrogens with zero attached hydrogens (tertiary/aromatic N) is 1. The van der Waals surface area contributed by atoms with Gasteiger partial charge in [0.2, 0.25) is 5.91 Å². The Bertz CT molecular complexity index is 850. The van der Waals surface area contributed by atoms with Gasteiger partial charge in [-0.25, -0.2) is 0 Å². The third-order valence-electron chi connectivity index (χ3n) is 4.51. The second-order valence-electron chi connectivity index (χ2n) is 7.11. The number of rotatable bonds is 7. The molecule has 150 valence electrons. The van der Waals surface area contributed by atoms with Crippen LogP contribution in [0, 0.1) is 13.8 Å². The summed E-state index contributed by atoms with van der Waals surface area (Å²) in [5.41, 5.74) is 3.71. The number of quaternary nitrogens is 1. The van der Waals surface area contributed by atoms with Crippen molar-refractivity contribution in [2.75, 3.05) is 32.5 Å². The van der Waals surface area contributed by atoms with Gasteiger partial charge in [-0.15, -0.1) is 0 Å². The van der Waals surface area contributed by atoms with Crippen molar-refractivity contribution in [1.29, 1.82) is 0 Å². The highest BCUT2D eigenvalue weighted by atomic mass is 35.5. The Labute approximate surface area is 176 Å². The molecule has 1 unspecified atom stereocenters. The van der Waals surface area contributed by atoms with Crippen LogP contribution in [0.4, 0.5) is 5.69 Å². The molecule has 2 aromatic carbocycles. The Morgan fingerprint density at radius 1 is 1.11 bits per heavy atom. The fraction of sp³-hybridized carbons (Fsp3) is 0.333. The van der Waals surface area contributed by atoms with Gasteiger partial charge in [0.15, 0.2) is 6.54 Å². The summed E-state index contributed by atoms with van der Waals surface area (Å²) in [7, 11) is 3.54. The van der Waals surface area contributed by atoms with E-state index in [-0.39, 0.29) is 24.9 Å². The Morgan fingerprint density at radius 3 is 2.36 bits per heavy atom. The molecular weight excluding hydrogens is 397 g/mol. The number of aryl methyl sites for hydroxylation is 2. The highest BCUT2D eigenvalue weighted by molar-refractivity contribution is 6.35. The molecular formula is C21H26Cl2N3O2+. The molecule has 0 fully saturated rings. The van der Waals surface area contributed by atoms with E-state index in [4.69, 9.17) is 23.2 Å². The van der Waals surface area contributed by atoms with Crippen molar-refractivity contribution in [2.24, 2.45) is 0 Å². The van der Waals surface area contributed by atoms with Gasteiger partial charge < -0.3 is 15.1 Å². The van der Waals surface area contributed by atoms with E-state index in [1.165, 1.54) is 4.90 Å². The third-order valence-corrected chi connectivity index (χ3v) is 5.10. The van der Waals surface area contributed by atoms with Crippen molar-refractivity contribution >= 4 is 40.7 Å². The van der Waals surface area contributed by atoms with Gasteiger partial charge in [-0.1, -0.05) is 47.5 Å². The minimum Gasteiger partial charge on any atom is -0.332 e. The molecule has 0 spiro atoms. The van der Waals surface area contributed by atoms with Crippen LogP contribution in [0.5, 0.6) is 0 Å². The van der Waals surface area contributed by atoms with Crippen LogP contribution >= 0.6 is 23.2 Å². The molecule has 28 heavy (non-hydrogen) atoms. The molecule has 0 saturated heterocycles. The Kier molecular flexibility index (Phi) is 7.87. The Hall–Kier alpha value is -2.08. The fourth-order valence-corrected chi connectivity index (χ4v) is 3.42. The van der Waals surface area contributed by atoms with E-state index in [1.54, 1.807) is 19.2 Å². The number of anilines is 1. The van der Waals surface area contributed by atoms with E-state index >= 15 is 0 Å². The molecule has 0 radical (unpaired) electrons. The molecule has 0 aliphatic heterocycles. The van der Waals surface area contributed by atoms with E-state index in [0.717, 1.165) is 27.3 Å². The van der Waals surface area contributed by atoms with Gasteiger partial charge in [-0.3, -0.25) is 9.59 Å². The molecule has 0 heterocycles. The number of hydrogen-bond acceptors (Lipinski definition) is 2. The number of amides is 2. The Balaban J connectivity index is 1.88. The van der Waals surface area contributed by atoms with Crippen LogP contribution in [-0.2, 0) is 16.1 Å². The minimum absolute atomic E-state index is 0.00158. The number of nitrogens with one attached hydrogen (secondary N) is 2. The van der Waals surface area contributed by atoms with Crippen LogP contribution in [0.15, 0.2) is 36.4 Å². The van der Waals surface area contributed by atoms with Crippen molar-refractivity contribution < 1.29 is 14.5 Å². The SMILES string of the molecule is Cc1cccc(C)c1NC(=O)CN(C)C(=O)C[NH+](C)Cc1ccc(Cl)cc1Cl. The van der Waals surface area contributed by atoms with Crippen molar-refractivity contribution in [3.8, 4) is 0 Å². The smallest absolute Gasteiger partial charge is 0.277 e. The first-order chi connectivity index (χ1) is 13.2. The summed E-state index contributed by atoms with van der Waals surface area (Å²) in [5.74, 6) is -0.328. The molecule has 5 nitrogen and oxygen atoms in total. The summed E-state index contributed by atoms with van der Waals surface area (Å²) in [4.78, 5) is 27.2. The molecule has 1 atom stereocenters. The number of benzene rings is 2. The number of halogens is 2. The maximum atomic E-state index is 12.5. The lowest BCUT2D eigenvalue weighted by atomic mass is 10.1. The highest BCUT2D eigenvalue weighted by Gasteiger charge is 2.19. The zero-order chi connectivity index (χ0) is 20.8. The van der Waals surface area contributed by atoms with Crippen LogP contribution in [0.25, 0.3) is 0 Å². The molecule has 2 rings (SSSR count). The summed E-state index contributed by atoms with van der Waals surface area (Å²) in [6.07, 6.45) is 0. The van der Waals surface area contributed by atoms with Crippen molar-refractivity contribution in [3.05, 3.63) is 63.1 Å². The van der Waals surface area contributed by atoms with Gasteiger partial charge in [-0.05, 0) is 37.1 Å². The predicted octanol–water partition coefficient (Wildman–Crippen LogP) is 2.72. The first-order valence-electron chi connectivity index (χ1n) is 9.02. The van der Waals surface area contributed by atoms with Crippen LogP contribution in [0.1, 0.15) is 16.7 Å². The average Bonchev–Trinajstić information content (AvgIpc) is 2.60. The lowest BCUT2D eigenvalue weighted by Gasteiger charge is -2.20. The molecule has 0 aromatic heterocycles. The van der Waals surface area contributed by atoms with Gasteiger partial charge >= 0.3 is 0 Å². The van der Waals surface area contributed by atoms with Crippen LogP contribution in [0.3, 0.4) is 0 Å². The third kappa shape index (κ3) is 6.23. The first kappa shape index (κ1) is 22.2. The van der Waals surface area contributed by atoms with E-state index in [2.05, 4.69) is 5.32 Å². The van der Waals surface area contributed by atoms with E-state index in [9.17, 15) is 9.59 Å². The van der Waals surface area contributed by atoms with Crippen molar-refractivity contribution in [3.63, 3.8) is 0 Å². The number of carbonyl (C=O) groups excluding carboxylic acids is 2. The zero-order valence-electron chi connectivity index (χ0n) is 16.6. The van der Waals surface area contributed by atoms with Gasteiger partial charge in [0.25, 0.3) is 5.91 Å². The maximum Gasteiger partial charge on any atom is 0.277 e. The normalized spacial score (nSPS) is 11.8. The zero-order valence-corrected chi connectivity index (χ0v) is 18.1. The molecule has 2 N–H and O–H groups in total. The quantitative estimate of drug-likeness (QED) is 0.720. The fourth-order valence-electron chi connectivity index (χ4n) is 2.94. The van der Waals surface area contributed by atoms with Crippen LogP contribution in [0.2, 0.25) is 10.0 Å². The molecule has 0 bridgehead atoms. The number of hydrogen-bond donors (Lipinski definition) is 2. The monoisotopic (exact) mass is 422 g/mol. The number of carbonyl (C=O) groups is 2. The van der Waals surface area contributed by atoms with Gasteiger partial charge in [-0.2, -0.15) is 0 Å².